The molecule has 1 rings (SSSR count). The van der Waals surface area contributed by atoms with Gasteiger partial charge >= 0.3 is 0 Å². The van der Waals surface area contributed by atoms with E-state index in [0.29, 0.717) is 6.04 Å². The second-order valence-electron chi connectivity index (χ2n) is 5.75. The summed E-state index contributed by atoms with van der Waals surface area (Å²) in [6, 6.07) is 0.593. The van der Waals surface area contributed by atoms with E-state index in [1.54, 1.807) is 0 Å². The lowest BCUT2D eigenvalue weighted by molar-refractivity contribution is 0.0324. The van der Waals surface area contributed by atoms with Gasteiger partial charge < -0.3 is 10.5 Å². The molecule has 0 aromatic heterocycles. The Morgan fingerprint density at radius 2 is 1.88 bits per heavy atom. The first-order valence-corrected chi connectivity index (χ1v) is 7.18. The molecule has 102 valence electrons. The summed E-state index contributed by atoms with van der Waals surface area (Å²) in [5.74, 6) is 0. The molecule has 0 amide bonds. The van der Waals surface area contributed by atoms with Gasteiger partial charge in [0.15, 0.2) is 0 Å². The summed E-state index contributed by atoms with van der Waals surface area (Å²) in [6.07, 6.45) is 5.91. The molecule has 0 aliphatic carbocycles. The van der Waals surface area contributed by atoms with E-state index in [9.17, 15) is 0 Å². The Labute approximate surface area is 107 Å². The van der Waals surface area contributed by atoms with Crippen LogP contribution in [0.4, 0.5) is 0 Å². The summed E-state index contributed by atoms with van der Waals surface area (Å²) in [7, 11) is 0. The van der Waals surface area contributed by atoms with Crippen LogP contribution in [0.5, 0.6) is 0 Å². The van der Waals surface area contributed by atoms with E-state index in [2.05, 4.69) is 25.7 Å². The molecule has 1 fully saturated rings. The summed E-state index contributed by atoms with van der Waals surface area (Å²) < 4.78 is 5.41. The fraction of sp³-hybridized carbons (Fsp3) is 1.00. The van der Waals surface area contributed by atoms with Crippen LogP contribution in [0.25, 0.3) is 0 Å². The molecule has 0 atom stereocenters. The first kappa shape index (κ1) is 14.9. The molecule has 0 saturated carbocycles. The monoisotopic (exact) mass is 242 g/mol. The molecule has 3 nitrogen and oxygen atoms in total. The number of nitrogens with zero attached hydrogens (tertiary/aromatic N) is 1. The Balaban J connectivity index is 2.41. The summed E-state index contributed by atoms with van der Waals surface area (Å²) in [6.45, 7) is 10.7. The van der Waals surface area contributed by atoms with Crippen molar-refractivity contribution in [2.45, 2.75) is 64.5 Å². The van der Waals surface area contributed by atoms with Crippen LogP contribution in [0.15, 0.2) is 0 Å². The molecular weight excluding hydrogens is 212 g/mol. The number of unbranched alkanes of at least 4 members (excludes halogenated alkanes) is 2. The van der Waals surface area contributed by atoms with Gasteiger partial charge in [0.2, 0.25) is 0 Å². The molecule has 1 aliphatic rings. The highest BCUT2D eigenvalue weighted by atomic mass is 16.5. The van der Waals surface area contributed by atoms with Crippen molar-refractivity contribution in [1.29, 1.82) is 0 Å². The Bertz CT molecular complexity index is 200. The number of nitrogens with two attached hydrogens (primary N) is 1. The van der Waals surface area contributed by atoms with Gasteiger partial charge in [0.1, 0.15) is 0 Å². The van der Waals surface area contributed by atoms with Crippen molar-refractivity contribution >= 4 is 0 Å². The third-order valence-electron chi connectivity index (χ3n) is 3.79. The van der Waals surface area contributed by atoms with Gasteiger partial charge in [0.25, 0.3) is 0 Å². The van der Waals surface area contributed by atoms with E-state index < -0.39 is 0 Å². The first-order valence-electron chi connectivity index (χ1n) is 7.18. The van der Waals surface area contributed by atoms with Crippen molar-refractivity contribution in [1.82, 2.24) is 4.90 Å². The first-order chi connectivity index (χ1) is 8.07. The van der Waals surface area contributed by atoms with Gasteiger partial charge in [-0.25, -0.2) is 0 Å². The molecule has 17 heavy (non-hydrogen) atoms. The molecule has 0 radical (unpaired) electrons. The van der Waals surface area contributed by atoms with Crippen LogP contribution in [-0.4, -0.2) is 42.8 Å². The largest absolute Gasteiger partial charge is 0.381 e. The lowest BCUT2D eigenvalue weighted by Crippen LogP contribution is -2.55. The Hall–Kier alpha value is -0.120. The third kappa shape index (κ3) is 5.36. The highest BCUT2D eigenvalue weighted by molar-refractivity contribution is 4.90. The van der Waals surface area contributed by atoms with E-state index >= 15 is 0 Å². The lowest BCUT2D eigenvalue weighted by Gasteiger charge is -2.39. The predicted octanol–water partition coefficient (Wildman–Crippen LogP) is 2.39. The maximum atomic E-state index is 6.48. The zero-order chi connectivity index (χ0) is 12.7. The van der Waals surface area contributed by atoms with Gasteiger partial charge in [0.05, 0.1) is 0 Å². The number of rotatable bonds is 7. The van der Waals surface area contributed by atoms with Crippen LogP contribution in [0.3, 0.4) is 0 Å². The predicted molar refractivity (Wildman–Crippen MR) is 73.2 cm³/mol. The van der Waals surface area contributed by atoms with Gasteiger partial charge in [-0.3, -0.25) is 4.90 Å². The minimum absolute atomic E-state index is 0.0191. The molecule has 0 bridgehead atoms. The molecule has 0 unspecified atom stereocenters. The van der Waals surface area contributed by atoms with Crippen molar-refractivity contribution in [2.75, 3.05) is 26.3 Å². The molecule has 1 heterocycles. The molecule has 0 aromatic carbocycles. The Morgan fingerprint density at radius 1 is 1.24 bits per heavy atom. The van der Waals surface area contributed by atoms with E-state index in [0.717, 1.165) is 32.6 Å². The quantitative estimate of drug-likeness (QED) is 0.697. The normalized spacial score (nSPS) is 20.1. The smallest absolute Gasteiger partial charge is 0.0484 e. The van der Waals surface area contributed by atoms with Crippen LogP contribution < -0.4 is 5.73 Å². The molecule has 1 saturated heterocycles. The summed E-state index contributed by atoms with van der Waals surface area (Å²) in [5, 5.41) is 0. The van der Waals surface area contributed by atoms with E-state index in [1.807, 2.05) is 0 Å². The lowest BCUT2D eigenvalue weighted by atomic mass is 9.90. The van der Waals surface area contributed by atoms with Gasteiger partial charge in [-0.05, 0) is 39.7 Å². The molecule has 1 aliphatic heterocycles. The second-order valence-corrected chi connectivity index (χ2v) is 5.75. The van der Waals surface area contributed by atoms with Gasteiger partial charge in [-0.15, -0.1) is 0 Å². The molecule has 3 heteroatoms. The fourth-order valence-corrected chi connectivity index (χ4v) is 2.43. The van der Waals surface area contributed by atoms with Crippen molar-refractivity contribution in [3.05, 3.63) is 0 Å². The van der Waals surface area contributed by atoms with Gasteiger partial charge in [-0.1, -0.05) is 19.8 Å². The van der Waals surface area contributed by atoms with Gasteiger partial charge in [0, 0.05) is 31.3 Å². The molecule has 0 aromatic rings. The summed E-state index contributed by atoms with van der Waals surface area (Å²) in [5.41, 5.74) is 6.46. The molecular formula is C14H30N2O. The molecule has 2 N–H and O–H groups in total. The van der Waals surface area contributed by atoms with Crippen molar-refractivity contribution in [2.24, 2.45) is 5.73 Å². The zero-order valence-corrected chi connectivity index (χ0v) is 11.9. The number of hydrogen-bond donors (Lipinski definition) is 1. The average molecular weight is 242 g/mol. The third-order valence-corrected chi connectivity index (χ3v) is 3.79. The van der Waals surface area contributed by atoms with Crippen LogP contribution in [-0.2, 0) is 4.74 Å². The maximum absolute atomic E-state index is 6.48. The summed E-state index contributed by atoms with van der Waals surface area (Å²) >= 11 is 0. The van der Waals surface area contributed by atoms with Crippen LogP contribution >= 0.6 is 0 Å². The Morgan fingerprint density at radius 3 is 2.41 bits per heavy atom. The van der Waals surface area contributed by atoms with Crippen LogP contribution in [0.2, 0.25) is 0 Å². The van der Waals surface area contributed by atoms with Crippen LogP contribution in [0.1, 0.15) is 52.9 Å². The maximum Gasteiger partial charge on any atom is 0.0484 e. The summed E-state index contributed by atoms with van der Waals surface area (Å²) in [4.78, 5) is 2.54. The fourth-order valence-electron chi connectivity index (χ4n) is 2.43. The molecule has 0 spiro atoms. The van der Waals surface area contributed by atoms with E-state index in [1.165, 1.54) is 25.8 Å². The van der Waals surface area contributed by atoms with E-state index in [4.69, 9.17) is 10.5 Å². The van der Waals surface area contributed by atoms with Crippen molar-refractivity contribution < 1.29 is 4.74 Å². The highest BCUT2D eigenvalue weighted by Gasteiger charge is 2.30. The second kappa shape index (κ2) is 7.34. The van der Waals surface area contributed by atoms with Crippen LogP contribution in [0, 0.1) is 0 Å². The van der Waals surface area contributed by atoms with E-state index in [-0.39, 0.29) is 5.54 Å². The average Bonchev–Trinajstić information content (AvgIpc) is 2.28. The van der Waals surface area contributed by atoms with Crippen molar-refractivity contribution in [3.8, 4) is 0 Å². The van der Waals surface area contributed by atoms with Gasteiger partial charge in [-0.2, -0.15) is 0 Å². The number of hydrogen-bond acceptors (Lipinski definition) is 3. The zero-order valence-electron chi connectivity index (χ0n) is 11.9. The SMILES string of the molecule is CCCCCN(CC1(N)CCOCC1)C(C)C. The number of ether oxygens (including phenoxy) is 1. The topological polar surface area (TPSA) is 38.5 Å². The minimum atomic E-state index is -0.0191. The minimum Gasteiger partial charge on any atom is -0.381 e. The highest BCUT2D eigenvalue weighted by Crippen LogP contribution is 2.20. The Kier molecular flexibility index (Phi) is 6.45. The standard InChI is InChI=1S/C14H30N2O/c1-4-5-6-9-16(13(2)3)12-14(15)7-10-17-11-8-14/h13H,4-12,15H2,1-3H3. The van der Waals surface area contributed by atoms with Crippen molar-refractivity contribution in [3.63, 3.8) is 0 Å².